The second-order valence-electron chi connectivity index (χ2n) is 4.96. The SMILES string of the molecule is COC1CCN(CC(=O)NCC2CC2)CC1. The van der Waals surface area contributed by atoms with Crippen LogP contribution in [0.4, 0.5) is 0 Å². The number of carbonyl (C=O) groups excluding carboxylic acids is 1. The summed E-state index contributed by atoms with van der Waals surface area (Å²) in [5, 5.41) is 3.01. The molecule has 0 atom stereocenters. The topological polar surface area (TPSA) is 41.6 Å². The molecular formula is C12H22N2O2. The summed E-state index contributed by atoms with van der Waals surface area (Å²) in [6, 6.07) is 0. The number of amides is 1. The lowest BCUT2D eigenvalue weighted by molar-refractivity contribution is -0.122. The van der Waals surface area contributed by atoms with Crippen molar-refractivity contribution in [3.8, 4) is 0 Å². The Bertz CT molecular complexity index is 233. The Morgan fingerprint density at radius 1 is 1.31 bits per heavy atom. The van der Waals surface area contributed by atoms with E-state index >= 15 is 0 Å². The van der Waals surface area contributed by atoms with Crippen LogP contribution in [0.5, 0.6) is 0 Å². The fourth-order valence-electron chi connectivity index (χ4n) is 2.14. The van der Waals surface area contributed by atoms with Gasteiger partial charge in [0, 0.05) is 26.7 Å². The standard InChI is InChI=1S/C12H22N2O2/c1-16-11-4-6-14(7-5-11)9-12(15)13-8-10-2-3-10/h10-11H,2-9H2,1H3,(H,13,15). The molecule has 0 bridgehead atoms. The maximum absolute atomic E-state index is 11.6. The van der Waals surface area contributed by atoms with Crippen LogP contribution in [0.25, 0.3) is 0 Å². The number of nitrogens with zero attached hydrogens (tertiary/aromatic N) is 1. The number of carbonyl (C=O) groups is 1. The Balaban J connectivity index is 1.59. The van der Waals surface area contributed by atoms with Crippen LogP contribution in [-0.2, 0) is 9.53 Å². The molecule has 1 heterocycles. The number of hydrogen-bond acceptors (Lipinski definition) is 3. The minimum absolute atomic E-state index is 0.183. The predicted molar refractivity (Wildman–Crippen MR) is 62.2 cm³/mol. The number of ether oxygens (including phenoxy) is 1. The Hall–Kier alpha value is -0.610. The van der Waals surface area contributed by atoms with Crippen molar-refractivity contribution in [3.63, 3.8) is 0 Å². The molecule has 1 saturated heterocycles. The predicted octanol–water partition coefficient (Wildman–Crippen LogP) is 0.623. The third-order valence-electron chi connectivity index (χ3n) is 3.52. The summed E-state index contributed by atoms with van der Waals surface area (Å²) in [5.74, 6) is 0.950. The second kappa shape index (κ2) is 5.64. The first-order valence-electron chi connectivity index (χ1n) is 6.30. The molecule has 0 aromatic rings. The summed E-state index contributed by atoms with van der Waals surface area (Å²) in [6.07, 6.45) is 5.07. The molecule has 4 nitrogen and oxygen atoms in total. The Morgan fingerprint density at radius 2 is 2.00 bits per heavy atom. The van der Waals surface area contributed by atoms with Gasteiger partial charge in [0.15, 0.2) is 0 Å². The van der Waals surface area contributed by atoms with E-state index in [-0.39, 0.29) is 5.91 Å². The van der Waals surface area contributed by atoms with Crippen LogP contribution < -0.4 is 5.32 Å². The van der Waals surface area contributed by atoms with Crippen LogP contribution in [0.1, 0.15) is 25.7 Å². The van der Waals surface area contributed by atoms with Crippen molar-refractivity contribution in [2.24, 2.45) is 5.92 Å². The van der Waals surface area contributed by atoms with Crippen molar-refractivity contribution in [2.75, 3.05) is 33.3 Å². The molecule has 1 N–H and O–H groups in total. The van der Waals surface area contributed by atoms with Crippen molar-refractivity contribution in [1.82, 2.24) is 10.2 Å². The first kappa shape index (κ1) is 11.9. The smallest absolute Gasteiger partial charge is 0.234 e. The molecule has 92 valence electrons. The fraction of sp³-hybridized carbons (Fsp3) is 0.917. The number of likely N-dealkylation sites (tertiary alicyclic amines) is 1. The molecule has 0 aromatic carbocycles. The van der Waals surface area contributed by atoms with Gasteiger partial charge >= 0.3 is 0 Å². The first-order valence-corrected chi connectivity index (χ1v) is 6.30. The molecule has 1 amide bonds. The molecule has 0 spiro atoms. The normalized spacial score (nSPS) is 23.3. The van der Waals surface area contributed by atoms with Crippen molar-refractivity contribution in [3.05, 3.63) is 0 Å². The van der Waals surface area contributed by atoms with E-state index in [2.05, 4.69) is 10.2 Å². The highest BCUT2D eigenvalue weighted by atomic mass is 16.5. The molecule has 0 aromatic heterocycles. The van der Waals surface area contributed by atoms with Crippen LogP contribution in [0, 0.1) is 5.92 Å². The Labute approximate surface area is 97.3 Å². The second-order valence-corrected chi connectivity index (χ2v) is 4.96. The molecule has 1 saturated carbocycles. The number of hydrogen-bond donors (Lipinski definition) is 1. The summed E-state index contributed by atoms with van der Waals surface area (Å²) in [4.78, 5) is 13.8. The van der Waals surface area contributed by atoms with Crippen LogP contribution in [0.3, 0.4) is 0 Å². The van der Waals surface area contributed by atoms with E-state index in [0.29, 0.717) is 12.6 Å². The summed E-state index contributed by atoms with van der Waals surface area (Å²) in [7, 11) is 1.77. The van der Waals surface area contributed by atoms with Gasteiger partial charge in [-0.25, -0.2) is 0 Å². The van der Waals surface area contributed by atoms with Gasteiger partial charge in [-0.15, -0.1) is 0 Å². The summed E-state index contributed by atoms with van der Waals surface area (Å²) < 4.78 is 5.30. The van der Waals surface area contributed by atoms with Crippen LogP contribution >= 0.6 is 0 Å². The monoisotopic (exact) mass is 226 g/mol. The van der Waals surface area contributed by atoms with E-state index in [0.717, 1.165) is 38.4 Å². The van der Waals surface area contributed by atoms with Crippen LogP contribution in [0.2, 0.25) is 0 Å². The Morgan fingerprint density at radius 3 is 2.56 bits per heavy atom. The zero-order valence-electron chi connectivity index (χ0n) is 10.1. The minimum atomic E-state index is 0.183. The number of piperidine rings is 1. The van der Waals surface area contributed by atoms with E-state index < -0.39 is 0 Å². The molecule has 0 radical (unpaired) electrons. The van der Waals surface area contributed by atoms with Crippen LogP contribution in [0.15, 0.2) is 0 Å². The first-order chi connectivity index (χ1) is 7.78. The summed E-state index contributed by atoms with van der Waals surface area (Å²) in [6.45, 7) is 3.40. The van der Waals surface area contributed by atoms with Gasteiger partial charge in [0.05, 0.1) is 12.6 Å². The minimum Gasteiger partial charge on any atom is -0.381 e. The van der Waals surface area contributed by atoms with Crippen LogP contribution in [-0.4, -0.2) is 50.2 Å². The lowest BCUT2D eigenvalue weighted by atomic mass is 10.1. The number of methoxy groups -OCH3 is 1. The van der Waals surface area contributed by atoms with E-state index in [1.165, 1.54) is 12.8 Å². The zero-order valence-corrected chi connectivity index (χ0v) is 10.1. The van der Waals surface area contributed by atoms with E-state index in [1.807, 2.05) is 0 Å². The van der Waals surface area contributed by atoms with Crippen molar-refractivity contribution in [2.45, 2.75) is 31.8 Å². The van der Waals surface area contributed by atoms with Gasteiger partial charge in [0.25, 0.3) is 0 Å². The van der Waals surface area contributed by atoms with Gasteiger partial charge in [-0.05, 0) is 31.6 Å². The summed E-state index contributed by atoms with van der Waals surface area (Å²) >= 11 is 0. The van der Waals surface area contributed by atoms with E-state index in [4.69, 9.17) is 4.74 Å². The molecule has 0 unspecified atom stereocenters. The average molecular weight is 226 g/mol. The molecule has 16 heavy (non-hydrogen) atoms. The van der Waals surface area contributed by atoms with Gasteiger partial charge in [-0.1, -0.05) is 0 Å². The maximum atomic E-state index is 11.6. The van der Waals surface area contributed by atoms with Gasteiger partial charge in [0.1, 0.15) is 0 Å². The van der Waals surface area contributed by atoms with E-state index in [1.54, 1.807) is 7.11 Å². The van der Waals surface area contributed by atoms with Crippen molar-refractivity contribution >= 4 is 5.91 Å². The molecule has 1 aliphatic heterocycles. The van der Waals surface area contributed by atoms with Crippen molar-refractivity contribution < 1.29 is 9.53 Å². The van der Waals surface area contributed by atoms with Gasteiger partial charge in [-0.3, -0.25) is 9.69 Å². The molecule has 2 aliphatic rings. The third kappa shape index (κ3) is 3.76. The summed E-state index contributed by atoms with van der Waals surface area (Å²) in [5.41, 5.74) is 0. The van der Waals surface area contributed by atoms with Gasteiger partial charge in [-0.2, -0.15) is 0 Å². The quantitative estimate of drug-likeness (QED) is 0.747. The lowest BCUT2D eigenvalue weighted by Crippen LogP contribution is -2.43. The third-order valence-corrected chi connectivity index (χ3v) is 3.52. The highest BCUT2D eigenvalue weighted by molar-refractivity contribution is 5.78. The number of rotatable bonds is 5. The fourth-order valence-corrected chi connectivity index (χ4v) is 2.14. The molecular weight excluding hydrogens is 204 g/mol. The number of nitrogens with one attached hydrogen (secondary N) is 1. The highest BCUT2D eigenvalue weighted by Crippen LogP contribution is 2.27. The molecule has 4 heteroatoms. The van der Waals surface area contributed by atoms with E-state index in [9.17, 15) is 4.79 Å². The molecule has 2 rings (SSSR count). The largest absolute Gasteiger partial charge is 0.381 e. The lowest BCUT2D eigenvalue weighted by Gasteiger charge is -2.30. The Kier molecular flexibility index (Phi) is 4.18. The van der Waals surface area contributed by atoms with Gasteiger partial charge in [0.2, 0.25) is 5.91 Å². The molecule has 2 fully saturated rings. The highest BCUT2D eigenvalue weighted by Gasteiger charge is 2.23. The zero-order chi connectivity index (χ0) is 11.4. The maximum Gasteiger partial charge on any atom is 0.234 e. The van der Waals surface area contributed by atoms with Gasteiger partial charge < -0.3 is 10.1 Å². The van der Waals surface area contributed by atoms with Crippen molar-refractivity contribution in [1.29, 1.82) is 0 Å². The molecule has 1 aliphatic carbocycles. The average Bonchev–Trinajstić information content (AvgIpc) is 3.11.